The Labute approximate surface area is 199 Å². The number of carbonyl (C=O) groups is 2. The largest absolute Gasteiger partial charge is 0.488 e. The van der Waals surface area contributed by atoms with Crippen LogP contribution in [0.1, 0.15) is 28.4 Å². The van der Waals surface area contributed by atoms with Crippen molar-refractivity contribution in [1.82, 2.24) is 10.7 Å². The van der Waals surface area contributed by atoms with Crippen LogP contribution in [0.25, 0.3) is 0 Å². The lowest BCUT2D eigenvalue weighted by atomic mass is 10.2. The summed E-state index contributed by atoms with van der Waals surface area (Å²) in [6.07, 6.45) is 1.49. The SMILES string of the molecule is CC(NC(=O)c1ccccc1Br)C(=O)NN=Cc1ccccc1OCc1ccccc1Cl. The first-order chi connectivity index (χ1) is 15.5. The van der Waals surface area contributed by atoms with E-state index in [1.165, 1.54) is 6.21 Å². The van der Waals surface area contributed by atoms with E-state index in [1.807, 2.05) is 42.5 Å². The number of rotatable bonds is 8. The van der Waals surface area contributed by atoms with Crippen molar-refractivity contribution in [3.63, 3.8) is 0 Å². The Morgan fingerprint density at radius 3 is 2.53 bits per heavy atom. The number of hydrogen-bond acceptors (Lipinski definition) is 4. The predicted molar refractivity (Wildman–Crippen MR) is 129 cm³/mol. The van der Waals surface area contributed by atoms with Crippen molar-refractivity contribution >= 4 is 45.6 Å². The zero-order chi connectivity index (χ0) is 22.9. The molecule has 0 aromatic heterocycles. The number of nitrogens with zero attached hydrogens (tertiary/aromatic N) is 1. The van der Waals surface area contributed by atoms with Gasteiger partial charge >= 0.3 is 0 Å². The summed E-state index contributed by atoms with van der Waals surface area (Å²) in [6.45, 7) is 1.88. The summed E-state index contributed by atoms with van der Waals surface area (Å²) >= 11 is 9.50. The lowest BCUT2D eigenvalue weighted by Crippen LogP contribution is -2.43. The van der Waals surface area contributed by atoms with Crippen molar-refractivity contribution in [3.05, 3.63) is 99.0 Å². The summed E-state index contributed by atoms with van der Waals surface area (Å²) in [6, 6.07) is 21.0. The minimum atomic E-state index is -0.779. The number of hydrogen-bond donors (Lipinski definition) is 2. The van der Waals surface area contributed by atoms with E-state index in [-0.39, 0.29) is 5.91 Å². The number of carbonyl (C=O) groups excluding carboxylic acids is 2. The van der Waals surface area contributed by atoms with E-state index < -0.39 is 11.9 Å². The molecule has 164 valence electrons. The molecule has 3 aromatic rings. The molecule has 2 N–H and O–H groups in total. The Morgan fingerprint density at radius 2 is 1.75 bits per heavy atom. The van der Waals surface area contributed by atoms with Crippen molar-refractivity contribution in [3.8, 4) is 5.75 Å². The van der Waals surface area contributed by atoms with E-state index in [4.69, 9.17) is 16.3 Å². The molecular formula is C24H21BrClN3O3. The number of ether oxygens (including phenoxy) is 1. The molecule has 0 saturated heterocycles. The smallest absolute Gasteiger partial charge is 0.262 e. The molecule has 0 fully saturated rings. The molecule has 0 aliphatic rings. The predicted octanol–water partition coefficient (Wildman–Crippen LogP) is 4.95. The maximum atomic E-state index is 12.3. The van der Waals surface area contributed by atoms with Crippen molar-refractivity contribution in [1.29, 1.82) is 0 Å². The molecule has 0 radical (unpaired) electrons. The van der Waals surface area contributed by atoms with Crippen LogP contribution < -0.4 is 15.5 Å². The Balaban J connectivity index is 1.57. The first kappa shape index (κ1) is 23.5. The van der Waals surface area contributed by atoms with Gasteiger partial charge in [-0.25, -0.2) is 5.43 Å². The van der Waals surface area contributed by atoms with Crippen LogP contribution in [0.4, 0.5) is 0 Å². The molecule has 0 saturated carbocycles. The van der Waals surface area contributed by atoms with E-state index in [2.05, 4.69) is 31.8 Å². The van der Waals surface area contributed by atoms with Crippen LogP contribution in [0.2, 0.25) is 5.02 Å². The highest BCUT2D eigenvalue weighted by atomic mass is 79.9. The molecule has 0 aliphatic heterocycles. The van der Waals surface area contributed by atoms with Crippen molar-refractivity contribution < 1.29 is 14.3 Å². The summed E-state index contributed by atoms with van der Waals surface area (Å²) in [4.78, 5) is 24.7. The van der Waals surface area contributed by atoms with Crippen LogP contribution in [0.5, 0.6) is 5.75 Å². The summed E-state index contributed by atoms with van der Waals surface area (Å²) in [5, 5.41) is 7.28. The molecule has 1 atom stereocenters. The highest BCUT2D eigenvalue weighted by Gasteiger charge is 2.17. The van der Waals surface area contributed by atoms with Gasteiger partial charge in [0.2, 0.25) is 0 Å². The Hall–Kier alpha value is -3.16. The number of amides is 2. The highest BCUT2D eigenvalue weighted by Crippen LogP contribution is 2.21. The minimum absolute atomic E-state index is 0.301. The van der Waals surface area contributed by atoms with E-state index in [9.17, 15) is 9.59 Å². The second-order valence-corrected chi connectivity index (χ2v) is 8.09. The zero-order valence-corrected chi connectivity index (χ0v) is 19.6. The Morgan fingerprint density at radius 1 is 1.06 bits per heavy atom. The van der Waals surface area contributed by atoms with Gasteiger partial charge in [-0.15, -0.1) is 0 Å². The summed E-state index contributed by atoms with van der Waals surface area (Å²) in [7, 11) is 0. The van der Waals surface area contributed by atoms with Gasteiger partial charge in [-0.1, -0.05) is 54.1 Å². The van der Waals surface area contributed by atoms with Crippen LogP contribution in [0.15, 0.2) is 82.4 Å². The van der Waals surface area contributed by atoms with Gasteiger partial charge in [0.1, 0.15) is 18.4 Å². The molecule has 2 amide bonds. The van der Waals surface area contributed by atoms with Gasteiger partial charge < -0.3 is 10.1 Å². The lowest BCUT2D eigenvalue weighted by Gasteiger charge is -2.13. The molecule has 6 nitrogen and oxygen atoms in total. The van der Waals surface area contributed by atoms with Crippen LogP contribution in [0.3, 0.4) is 0 Å². The van der Waals surface area contributed by atoms with Gasteiger partial charge in [0.05, 0.1) is 11.8 Å². The van der Waals surface area contributed by atoms with Gasteiger partial charge in [0, 0.05) is 20.6 Å². The molecule has 3 aromatic carbocycles. The summed E-state index contributed by atoms with van der Waals surface area (Å²) < 4.78 is 6.52. The minimum Gasteiger partial charge on any atom is -0.488 e. The van der Waals surface area contributed by atoms with Crippen LogP contribution in [-0.2, 0) is 11.4 Å². The average Bonchev–Trinajstić information content (AvgIpc) is 2.79. The molecule has 0 bridgehead atoms. The number of hydrazone groups is 1. The Kier molecular flexibility index (Phi) is 8.41. The number of nitrogens with one attached hydrogen (secondary N) is 2. The third-order valence-electron chi connectivity index (χ3n) is 4.50. The van der Waals surface area contributed by atoms with Gasteiger partial charge in [0.25, 0.3) is 11.8 Å². The molecule has 0 aliphatic carbocycles. The second-order valence-electron chi connectivity index (χ2n) is 6.83. The fourth-order valence-electron chi connectivity index (χ4n) is 2.74. The normalized spacial score (nSPS) is 11.7. The van der Waals surface area contributed by atoms with Crippen LogP contribution in [-0.4, -0.2) is 24.1 Å². The van der Waals surface area contributed by atoms with Gasteiger partial charge in [-0.3, -0.25) is 9.59 Å². The monoisotopic (exact) mass is 513 g/mol. The zero-order valence-electron chi connectivity index (χ0n) is 17.2. The summed E-state index contributed by atoms with van der Waals surface area (Å²) in [5.41, 5.74) is 4.43. The fraction of sp³-hybridized carbons (Fsp3) is 0.125. The number of para-hydroxylation sites is 1. The Bertz CT molecular complexity index is 1140. The van der Waals surface area contributed by atoms with E-state index in [0.717, 1.165) is 5.56 Å². The maximum Gasteiger partial charge on any atom is 0.262 e. The first-order valence-corrected chi connectivity index (χ1v) is 11.0. The van der Waals surface area contributed by atoms with Gasteiger partial charge in [0.15, 0.2) is 0 Å². The third-order valence-corrected chi connectivity index (χ3v) is 5.56. The van der Waals surface area contributed by atoms with Crippen LogP contribution >= 0.6 is 27.5 Å². The quantitative estimate of drug-likeness (QED) is 0.330. The second kappa shape index (κ2) is 11.5. The van der Waals surface area contributed by atoms with Gasteiger partial charge in [-0.05, 0) is 53.2 Å². The number of halogens is 2. The third kappa shape index (κ3) is 6.42. The topological polar surface area (TPSA) is 79.8 Å². The van der Waals surface area contributed by atoms with Gasteiger partial charge in [-0.2, -0.15) is 5.10 Å². The first-order valence-electron chi connectivity index (χ1n) is 9.79. The molecule has 0 heterocycles. The highest BCUT2D eigenvalue weighted by molar-refractivity contribution is 9.10. The fourth-order valence-corrected chi connectivity index (χ4v) is 3.39. The molecular weight excluding hydrogens is 494 g/mol. The van der Waals surface area contributed by atoms with E-state index in [0.29, 0.717) is 33.0 Å². The lowest BCUT2D eigenvalue weighted by molar-refractivity contribution is -0.122. The molecule has 0 spiro atoms. The van der Waals surface area contributed by atoms with E-state index >= 15 is 0 Å². The number of benzene rings is 3. The standard InChI is InChI=1S/C24H21BrClN3O3/c1-16(28-24(31)19-10-4-5-11-20(19)25)23(30)29-27-14-17-8-3-7-13-22(17)32-15-18-9-2-6-12-21(18)26/h2-14,16H,15H2,1H3,(H,28,31)(H,29,30). The average molecular weight is 515 g/mol. The van der Waals surface area contributed by atoms with Crippen molar-refractivity contribution in [2.75, 3.05) is 0 Å². The molecule has 32 heavy (non-hydrogen) atoms. The molecule has 8 heteroatoms. The summed E-state index contributed by atoms with van der Waals surface area (Å²) in [5.74, 6) is -0.209. The molecule has 3 rings (SSSR count). The van der Waals surface area contributed by atoms with Crippen LogP contribution in [0, 0.1) is 0 Å². The maximum absolute atomic E-state index is 12.3. The molecule has 1 unspecified atom stereocenters. The van der Waals surface area contributed by atoms with E-state index in [1.54, 1.807) is 37.3 Å². The van der Waals surface area contributed by atoms with Crippen molar-refractivity contribution in [2.24, 2.45) is 5.10 Å². The van der Waals surface area contributed by atoms with Crippen molar-refractivity contribution in [2.45, 2.75) is 19.6 Å².